The summed E-state index contributed by atoms with van der Waals surface area (Å²) in [7, 11) is 0. The number of benzene rings is 3. The lowest BCUT2D eigenvalue weighted by Gasteiger charge is -2.12. The summed E-state index contributed by atoms with van der Waals surface area (Å²) >= 11 is 0. The highest BCUT2D eigenvalue weighted by Crippen LogP contribution is 2.47. The fourth-order valence-electron chi connectivity index (χ4n) is 3.85. The monoisotopic (exact) mass is 379 g/mol. The fourth-order valence-corrected chi connectivity index (χ4v) is 3.85. The zero-order valence-corrected chi connectivity index (χ0v) is 16.5. The summed E-state index contributed by atoms with van der Waals surface area (Å²) < 4.78 is 23.2. The molecule has 142 valence electrons. The Morgan fingerprint density at radius 3 is 2.28 bits per heavy atom. The van der Waals surface area contributed by atoms with Gasteiger partial charge in [-0.25, -0.2) is 0 Å². The highest BCUT2D eigenvalue weighted by atomic mass is 16.5. The van der Waals surface area contributed by atoms with Gasteiger partial charge < -0.3 is 4.74 Å². The molecule has 0 aliphatic carbocycles. The molecular weight excluding hydrogens is 354 g/mol. The van der Waals surface area contributed by atoms with E-state index in [1.165, 1.54) is 0 Å². The first kappa shape index (κ1) is 15.5. The number of hydrogen-bond donors (Lipinski definition) is 0. The molecule has 0 bridgehead atoms. The average molecular weight is 379 g/mol. The van der Waals surface area contributed by atoms with Gasteiger partial charge in [-0.05, 0) is 65.4 Å². The maximum absolute atomic E-state index is 8.45. The molecular formula is C27H23NO. The van der Waals surface area contributed by atoms with E-state index < -0.39 is 6.37 Å². The Morgan fingerprint density at radius 2 is 1.48 bits per heavy atom. The summed E-state index contributed by atoms with van der Waals surface area (Å²) in [5.41, 5.74) is 6.65. The third kappa shape index (κ3) is 3.31. The van der Waals surface area contributed by atoms with Crippen LogP contribution < -0.4 is 4.74 Å². The van der Waals surface area contributed by atoms with E-state index in [-0.39, 0.29) is 5.92 Å². The first-order valence-corrected chi connectivity index (χ1v) is 9.93. The van der Waals surface area contributed by atoms with Crippen LogP contribution in [0.25, 0.3) is 33.5 Å². The zero-order valence-electron chi connectivity index (χ0n) is 18.5. The summed E-state index contributed by atoms with van der Waals surface area (Å²) in [6.45, 7) is 3.79. The van der Waals surface area contributed by atoms with Gasteiger partial charge in [0.15, 0.2) is 0 Å². The van der Waals surface area contributed by atoms with Crippen LogP contribution in [-0.2, 0) is 6.37 Å². The van der Waals surface area contributed by atoms with Gasteiger partial charge in [0.1, 0.15) is 11.5 Å². The maximum atomic E-state index is 8.45. The number of hydrogen-bond acceptors (Lipinski definition) is 2. The highest BCUT2D eigenvalue weighted by Gasteiger charge is 2.20. The van der Waals surface area contributed by atoms with Crippen molar-refractivity contribution >= 4 is 0 Å². The van der Waals surface area contributed by atoms with Gasteiger partial charge in [-0.3, -0.25) is 4.98 Å². The molecule has 0 unspecified atom stereocenters. The van der Waals surface area contributed by atoms with Crippen LogP contribution in [0.2, 0.25) is 0 Å². The number of aromatic nitrogens is 1. The second kappa shape index (κ2) is 7.21. The Kier molecular flexibility index (Phi) is 3.86. The molecule has 0 atom stereocenters. The van der Waals surface area contributed by atoms with Crippen LogP contribution in [-0.4, -0.2) is 4.98 Å². The SMILES string of the molecule is [2H]C([2H])(c1ccnc(-c2ccc3c(c2)-c2ccccc2-c2ccccc2O3)c1)C(C)C. The third-order valence-corrected chi connectivity index (χ3v) is 5.10. The maximum Gasteiger partial charge on any atom is 0.135 e. The molecule has 0 fully saturated rings. The first-order chi connectivity index (χ1) is 14.9. The van der Waals surface area contributed by atoms with Crippen molar-refractivity contribution in [3.05, 3.63) is 90.6 Å². The minimum absolute atomic E-state index is 0.131. The molecule has 0 N–H and O–H groups in total. The van der Waals surface area contributed by atoms with E-state index in [2.05, 4.69) is 29.2 Å². The zero-order chi connectivity index (χ0) is 21.6. The Hall–Kier alpha value is -3.39. The third-order valence-electron chi connectivity index (χ3n) is 5.10. The fraction of sp³-hybridized carbons (Fsp3) is 0.148. The standard InChI is InChI=1S/C27H23NO/c1-18(2)15-19-13-14-28-25(16-19)20-11-12-27-24(17-20)22-8-4-3-7-21(22)23-9-5-6-10-26(23)29-27/h3-14,16-18H,15H2,1-2H3/i15D2. The Bertz CT molecular complexity index is 1280. The molecule has 0 saturated heterocycles. The molecule has 2 heteroatoms. The molecule has 5 rings (SSSR count). The summed E-state index contributed by atoms with van der Waals surface area (Å²) in [5, 5.41) is 0. The summed E-state index contributed by atoms with van der Waals surface area (Å²) in [6, 6.07) is 26.1. The number of pyridine rings is 1. The summed E-state index contributed by atoms with van der Waals surface area (Å²) in [5.74, 6) is 1.51. The van der Waals surface area contributed by atoms with Crippen molar-refractivity contribution in [1.29, 1.82) is 0 Å². The predicted molar refractivity (Wildman–Crippen MR) is 119 cm³/mol. The molecule has 0 amide bonds. The smallest absolute Gasteiger partial charge is 0.135 e. The van der Waals surface area contributed by atoms with Gasteiger partial charge >= 0.3 is 0 Å². The van der Waals surface area contributed by atoms with Crippen molar-refractivity contribution in [2.75, 3.05) is 0 Å². The molecule has 0 saturated carbocycles. The van der Waals surface area contributed by atoms with Crippen LogP contribution in [0.1, 0.15) is 22.2 Å². The van der Waals surface area contributed by atoms with Crippen LogP contribution in [0.5, 0.6) is 11.5 Å². The van der Waals surface area contributed by atoms with Gasteiger partial charge in [-0.2, -0.15) is 0 Å². The van der Waals surface area contributed by atoms with Crippen molar-refractivity contribution in [2.45, 2.75) is 20.2 Å². The minimum atomic E-state index is -1.42. The van der Waals surface area contributed by atoms with E-state index in [9.17, 15) is 0 Å². The van der Waals surface area contributed by atoms with Crippen LogP contribution in [0.15, 0.2) is 85.1 Å². The molecule has 2 nitrogen and oxygen atoms in total. The van der Waals surface area contributed by atoms with Crippen molar-refractivity contribution in [2.24, 2.45) is 5.92 Å². The Balaban J connectivity index is 1.67. The largest absolute Gasteiger partial charge is 0.456 e. The van der Waals surface area contributed by atoms with Crippen molar-refractivity contribution in [3.63, 3.8) is 0 Å². The predicted octanol–water partition coefficient (Wildman–Crippen LogP) is 7.39. The minimum Gasteiger partial charge on any atom is -0.456 e. The molecule has 1 aliphatic heterocycles. The van der Waals surface area contributed by atoms with Crippen molar-refractivity contribution < 1.29 is 7.48 Å². The molecule has 4 aromatic rings. The summed E-state index contributed by atoms with van der Waals surface area (Å²) in [4.78, 5) is 4.54. The van der Waals surface area contributed by atoms with E-state index in [1.807, 2.05) is 62.4 Å². The Morgan fingerprint density at radius 1 is 0.793 bits per heavy atom. The number of ether oxygens (including phenoxy) is 1. The lowest BCUT2D eigenvalue weighted by Crippen LogP contribution is -1.95. The van der Waals surface area contributed by atoms with Gasteiger partial charge in [0.25, 0.3) is 0 Å². The summed E-state index contributed by atoms with van der Waals surface area (Å²) in [6.07, 6.45) is 0.275. The number of fused-ring (bicyclic) bond motifs is 5. The van der Waals surface area contributed by atoms with Crippen LogP contribution in [0.3, 0.4) is 0 Å². The van der Waals surface area contributed by atoms with Gasteiger partial charge in [-0.15, -0.1) is 0 Å². The molecule has 0 spiro atoms. The van der Waals surface area contributed by atoms with E-state index in [1.54, 1.807) is 12.3 Å². The number of rotatable bonds is 3. The molecule has 2 heterocycles. The van der Waals surface area contributed by atoms with E-state index in [0.29, 0.717) is 5.56 Å². The first-order valence-electron chi connectivity index (χ1n) is 10.9. The van der Waals surface area contributed by atoms with Gasteiger partial charge in [-0.1, -0.05) is 56.3 Å². The van der Waals surface area contributed by atoms with Gasteiger partial charge in [0, 0.05) is 25.6 Å². The quantitative estimate of drug-likeness (QED) is 0.326. The molecule has 29 heavy (non-hydrogen) atoms. The molecule has 0 radical (unpaired) electrons. The van der Waals surface area contributed by atoms with Gasteiger partial charge in [0.05, 0.1) is 5.69 Å². The second-order valence-corrected chi connectivity index (χ2v) is 7.58. The normalized spacial score (nSPS) is 13.3. The highest BCUT2D eigenvalue weighted by molar-refractivity contribution is 5.91. The lowest BCUT2D eigenvalue weighted by atomic mass is 9.93. The van der Waals surface area contributed by atoms with Crippen molar-refractivity contribution in [3.8, 4) is 45.0 Å². The lowest BCUT2D eigenvalue weighted by molar-refractivity contribution is 0.488. The average Bonchev–Trinajstić information content (AvgIpc) is 2.93. The van der Waals surface area contributed by atoms with Gasteiger partial charge in [0.2, 0.25) is 0 Å². The van der Waals surface area contributed by atoms with E-state index in [0.717, 1.165) is 45.0 Å². The topological polar surface area (TPSA) is 22.1 Å². The Labute approximate surface area is 174 Å². The number of para-hydroxylation sites is 1. The molecule has 1 aliphatic rings. The van der Waals surface area contributed by atoms with Crippen LogP contribution in [0, 0.1) is 5.92 Å². The molecule has 1 aromatic heterocycles. The second-order valence-electron chi connectivity index (χ2n) is 7.58. The van der Waals surface area contributed by atoms with Crippen LogP contribution in [0.4, 0.5) is 0 Å². The van der Waals surface area contributed by atoms with E-state index >= 15 is 0 Å². The number of nitrogens with zero attached hydrogens (tertiary/aromatic N) is 1. The van der Waals surface area contributed by atoms with Crippen LogP contribution >= 0.6 is 0 Å². The van der Waals surface area contributed by atoms with Crippen molar-refractivity contribution in [1.82, 2.24) is 4.98 Å². The van der Waals surface area contributed by atoms with E-state index in [4.69, 9.17) is 7.48 Å². The molecule has 3 aromatic carbocycles.